The van der Waals surface area contributed by atoms with Crippen LogP contribution in [0.15, 0.2) is 0 Å². The molecule has 0 amide bonds. The van der Waals surface area contributed by atoms with Crippen molar-refractivity contribution in [2.45, 2.75) is 49.4 Å². The van der Waals surface area contributed by atoms with E-state index in [1.54, 1.807) is 18.8 Å². The Labute approximate surface area is 119 Å². The standard InChI is InChI=1S/C12H17F3N2S2/c1-16-6-9-11(12(13,14)15)17-10(19-9)7-18-8-4-2-3-5-8/h8,16H,2-7H2,1H3. The van der Waals surface area contributed by atoms with E-state index >= 15 is 0 Å². The molecule has 1 aliphatic carbocycles. The van der Waals surface area contributed by atoms with Gasteiger partial charge in [-0.3, -0.25) is 0 Å². The smallest absolute Gasteiger partial charge is 0.315 e. The third kappa shape index (κ3) is 4.10. The van der Waals surface area contributed by atoms with E-state index in [0.29, 0.717) is 16.0 Å². The van der Waals surface area contributed by atoms with Gasteiger partial charge in [-0.15, -0.1) is 11.3 Å². The lowest BCUT2D eigenvalue weighted by Crippen LogP contribution is -2.12. The van der Waals surface area contributed by atoms with Crippen LogP contribution in [-0.4, -0.2) is 17.3 Å². The SMILES string of the molecule is CNCc1sc(CSC2CCCC2)nc1C(F)(F)F. The first kappa shape index (κ1) is 15.1. The van der Waals surface area contributed by atoms with Crippen molar-refractivity contribution in [3.8, 4) is 0 Å². The van der Waals surface area contributed by atoms with Crippen LogP contribution < -0.4 is 5.32 Å². The summed E-state index contributed by atoms with van der Waals surface area (Å²) in [6.45, 7) is 0.223. The molecule has 0 aromatic carbocycles. The molecule has 1 heterocycles. The van der Waals surface area contributed by atoms with E-state index in [4.69, 9.17) is 0 Å². The lowest BCUT2D eigenvalue weighted by molar-refractivity contribution is -0.141. The summed E-state index contributed by atoms with van der Waals surface area (Å²) >= 11 is 2.93. The Balaban J connectivity index is 2.04. The number of thiazole rings is 1. The van der Waals surface area contributed by atoms with Crippen molar-refractivity contribution in [3.05, 3.63) is 15.6 Å². The lowest BCUT2D eigenvalue weighted by Gasteiger charge is -2.06. The number of hydrogen-bond donors (Lipinski definition) is 1. The van der Waals surface area contributed by atoms with Crippen LogP contribution in [0.25, 0.3) is 0 Å². The predicted octanol–water partition coefficient (Wildman–Crippen LogP) is 4.06. The Morgan fingerprint density at radius 2 is 2.05 bits per heavy atom. The van der Waals surface area contributed by atoms with Gasteiger partial charge in [-0.1, -0.05) is 12.8 Å². The Bertz CT molecular complexity index is 412. The molecule has 0 radical (unpaired) electrons. The highest BCUT2D eigenvalue weighted by Crippen LogP contribution is 2.37. The van der Waals surface area contributed by atoms with Crippen LogP contribution >= 0.6 is 23.1 Å². The Kier molecular flexibility index (Phi) is 5.14. The van der Waals surface area contributed by atoms with Crippen molar-refractivity contribution in [1.29, 1.82) is 0 Å². The normalized spacial score (nSPS) is 17.3. The second-order valence-electron chi connectivity index (χ2n) is 4.62. The lowest BCUT2D eigenvalue weighted by atomic mass is 10.3. The average molecular weight is 310 g/mol. The fourth-order valence-electron chi connectivity index (χ4n) is 2.21. The first-order chi connectivity index (χ1) is 9.00. The largest absolute Gasteiger partial charge is 0.434 e. The fourth-order valence-corrected chi connectivity index (χ4v) is 4.65. The molecule has 0 bridgehead atoms. The molecule has 7 heteroatoms. The Morgan fingerprint density at radius 3 is 2.63 bits per heavy atom. The minimum atomic E-state index is -4.35. The van der Waals surface area contributed by atoms with E-state index in [0.717, 1.165) is 0 Å². The van der Waals surface area contributed by atoms with Gasteiger partial charge in [-0.2, -0.15) is 24.9 Å². The van der Waals surface area contributed by atoms with Gasteiger partial charge in [0.25, 0.3) is 0 Å². The molecule has 1 aromatic rings. The minimum Gasteiger partial charge on any atom is -0.315 e. The van der Waals surface area contributed by atoms with Crippen LogP contribution in [0.2, 0.25) is 0 Å². The molecule has 0 saturated heterocycles. The molecule has 1 N–H and O–H groups in total. The average Bonchev–Trinajstić information content (AvgIpc) is 2.94. The molecular weight excluding hydrogens is 293 g/mol. The van der Waals surface area contributed by atoms with Crippen molar-refractivity contribution in [1.82, 2.24) is 10.3 Å². The number of nitrogens with zero attached hydrogens (tertiary/aromatic N) is 1. The fraction of sp³-hybridized carbons (Fsp3) is 0.750. The summed E-state index contributed by atoms with van der Waals surface area (Å²) < 4.78 is 38.5. The molecule has 108 valence electrons. The van der Waals surface area contributed by atoms with E-state index in [2.05, 4.69) is 10.3 Å². The van der Waals surface area contributed by atoms with Gasteiger partial charge in [-0.25, -0.2) is 4.98 Å². The minimum absolute atomic E-state index is 0.223. The molecular formula is C12H17F3N2S2. The van der Waals surface area contributed by atoms with Crippen molar-refractivity contribution in [3.63, 3.8) is 0 Å². The summed E-state index contributed by atoms with van der Waals surface area (Å²) in [5.41, 5.74) is -0.714. The summed E-state index contributed by atoms with van der Waals surface area (Å²) in [4.78, 5) is 4.08. The number of halogens is 3. The molecule has 2 rings (SSSR count). The predicted molar refractivity (Wildman–Crippen MR) is 73.4 cm³/mol. The quantitative estimate of drug-likeness (QED) is 0.888. The maximum atomic E-state index is 12.8. The van der Waals surface area contributed by atoms with Crippen molar-refractivity contribution < 1.29 is 13.2 Å². The maximum absolute atomic E-state index is 12.8. The topological polar surface area (TPSA) is 24.9 Å². The summed E-state index contributed by atoms with van der Waals surface area (Å²) in [5, 5.41) is 3.97. The molecule has 0 aliphatic heterocycles. The highest BCUT2D eigenvalue weighted by Gasteiger charge is 2.37. The van der Waals surface area contributed by atoms with Crippen LogP contribution in [-0.2, 0) is 18.5 Å². The van der Waals surface area contributed by atoms with Crippen molar-refractivity contribution >= 4 is 23.1 Å². The van der Waals surface area contributed by atoms with Gasteiger partial charge < -0.3 is 5.32 Å². The molecule has 0 atom stereocenters. The highest BCUT2D eigenvalue weighted by atomic mass is 32.2. The summed E-state index contributed by atoms with van der Waals surface area (Å²) in [6, 6.07) is 0. The van der Waals surface area contributed by atoms with Gasteiger partial charge in [-0.05, 0) is 19.9 Å². The van der Waals surface area contributed by atoms with Gasteiger partial charge in [0, 0.05) is 17.5 Å². The molecule has 0 unspecified atom stereocenters. The Hall–Kier alpha value is -0.270. The van der Waals surface area contributed by atoms with Gasteiger partial charge in [0.05, 0.1) is 4.88 Å². The van der Waals surface area contributed by atoms with Crippen LogP contribution in [0.3, 0.4) is 0 Å². The van der Waals surface area contributed by atoms with E-state index in [9.17, 15) is 13.2 Å². The zero-order valence-corrected chi connectivity index (χ0v) is 12.4. The third-order valence-electron chi connectivity index (χ3n) is 3.09. The zero-order chi connectivity index (χ0) is 13.9. The number of aromatic nitrogens is 1. The van der Waals surface area contributed by atoms with Gasteiger partial charge in [0.2, 0.25) is 0 Å². The van der Waals surface area contributed by atoms with Gasteiger partial charge in [0.1, 0.15) is 5.01 Å². The number of nitrogens with one attached hydrogen (secondary N) is 1. The summed E-state index contributed by atoms with van der Waals surface area (Å²) in [7, 11) is 1.65. The summed E-state index contributed by atoms with van der Waals surface area (Å²) in [5.74, 6) is 0.599. The number of hydrogen-bond acceptors (Lipinski definition) is 4. The first-order valence-corrected chi connectivity index (χ1v) is 8.19. The molecule has 1 aromatic heterocycles. The maximum Gasteiger partial charge on any atom is 0.434 e. The second kappa shape index (κ2) is 6.45. The molecule has 2 nitrogen and oxygen atoms in total. The van der Waals surface area contributed by atoms with Crippen LogP contribution in [0.4, 0.5) is 13.2 Å². The van der Waals surface area contributed by atoms with E-state index in [-0.39, 0.29) is 11.4 Å². The molecule has 1 saturated carbocycles. The first-order valence-electron chi connectivity index (χ1n) is 6.32. The van der Waals surface area contributed by atoms with Crippen LogP contribution in [0.5, 0.6) is 0 Å². The third-order valence-corrected chi connectivity index (χ3v) is 5.71. The zero-order valence-electron chi connectivity index (χ0n) is 10.7. The summed E-state index contributed by atoms with van der Waals surface area (Å²) in [6.07, 6.45) is 0.513. The van der Waals surface area contributed by atoms with E-state index in [1.807, 2.05) is 0 Å². The number of rotatable bonds is 5. The molecule has 1 fully saturated rings. The Morgan fingerprint density at radius 1 is 1.37 bits per heavy atom. The van der Waals surface area contributed by atoms with Crippen molar-refractivity contribution in [2.24, 2.45) is 0 Å². The number of alkyl halides is 3. The second-order valence-corrected chi connectivity index (χ2v) is 7.08. The van der Waals surface area contributed by atoms with Gasteiger partial charge >= 0.3 is 6.18 Å². The van der Waals surface area contributed by atoms with Crippen LogP contribution in [0, 0.1) is 0 Å². The molecule has 1 aliphatic rings. The van der Waals surface area contributed by atoms with E-state index < -0.39 is 11.9 Å². The highest BCUT2D eigenvalue weighted by molar-refractivity contribution is 7.99. The molecule has 0 spiro atoms. The van der Waals surface area contributed by atoms with Gasteiger partial charge in [0.15, 0.2) is 5.69 Å². The monoisotopic (exact) mass is 310 g/mol. The van der Waals surface area contributed by atoms with Crippen LogP contribution in [0.1, 0.15) is 41.3 Å². The van der Waals surface area contributed by atoms with E-state index in [1.165, 1.54) is 37.0 Å². The van der Waals surface area contributed by atoms with Crippen molar-refractivity contribution in [2.75, 3.05) is 7.05 Å². The number of thioether (sulfide) groups is 1. The molecule has 19 heavy (non-hydrogen) atoms.